The van der Waals surface area contributed by atoms with Crippen LogP contribution in [0.3, 0.4) is 0 Å². The monoisotopic (exact) mass is 237 g/mol. The number of hydrogen-bond acceptors (Lipinski definition) is 3. The average Bonchev–Trinajstić information content (AvgIpc) is 2.23. The Morgan fingerprint density at radius 3 is 2.81 bits per heavy atom. The lowest BCUT2D eigenvalue weighted by atomic mass is 10.0. The molecule has 84 valence electrons. The van der Waals surface area contributed by atoms with E-state index in [1.54, 1.807) is 26.0 Å². The van der Waals surface area contributed by atoms with Gasteiger partial charge in [0, 0.05) is 0 Å². The van der Waals surface area contributed by atoms with Crippen LogP contribution in [-0.2, 0) is 16.0 Å². The molecule has 0 aliphatic heterocycles. The van der Waals surface area contributed by atoms with Crippen molar-refractivity contribution < 1.29 is 9.53 Å². The predicted octanol–water partition coefficient (Wildman–Crippen LogP) is 2.63. The van der Waals surface area contributed by atoms with Crippen LogP contribution in [0.15, 0.2) is 12.1 Å². The molecular weight excluding hydrogens is 226 g/mol. The van der Waals surface area contributed by atoms with E-state index in [-0.39, 0.29) is 12.4 Å². The summed E-state index contributed by atoms with van der Waals surface area (Å²) in [5, 5.41) is 9.32. The summed E-state index contributed by atoms with van der Waals surface area (Å²) in [6.45, 7) is 3.89. The van der Waals surface area contributed by atoms with Gasteiger partial charge < -0.3 is 4.74 Å². The van der Waals surface area contributed by atoms with Crippen molar-refractivity contribution in [2.45, 2.75) is 20.3 Å². The lowest BCUT2D eigenvalue weighted by molar-refractivity contribution is -0.142. The number of rotatable bonds is 3. The third kappa shape index (κ3) is 2.74. The SMILES string of the molecule is CCOC(=O)Cc1ccc(Cl)c(C#N)c1C. The zero-order valence-corrected chi connectivity index (χ0v) is 9.97. The van der Waals surface area contributed by atoms with Crippen molar-refractivity contribution in [1.29, 1.82) is 5.26 Å². The molecule has 0 aromatic heterocycles. The molecule has 0 unspecified atom stereocenters. The van der Waals surface area contributed by atoms with Crippen LogP contribution in [-0.4, -0.2) is 12.6 Å². The average molecular weight is 238 g/mol. The van der Waals surface area contributed by atoms with E-state index in [9.17, 15) is 4.79 Å². The highest BCUT2D eigenvalue weighted by Gasteiger charge is 2.11. The van der Waals surface area contributed by atoms with E-state index in [4.69, 9.17) is 21.6 Å². The summed E-state index contributed by atoms with van der Waals surface area (Å²) in [5.41, 5.74) is 1.94. The standard InChI is InChI=1S/C12H12ClNO2/c1-3-16-12(15)6-9-4-5-11(13)10(7-14)8(9)2/h4-5H,3,6H2,1-2H3. The van der Waals surface area contributed by atoms with Crippen molar-refractivity contribution in [3.05, 3.63) is 33.8 Å². The minimum Gasteiger partial charge on any atom is -0.466 e. The molecule has 0 spiro atoms. The van der Waals surface area contributed by atoms with Crippen LogP contribution in [0.5, 0.6) is 0 Å². The van der Waals surface area contributed by atoms with Crippen LogP contribution in [0.1, 0.15) is 23.6 Å². The molecule has 16 heavy (non-hydrogen) atoms. The quantitative estimate of drug-likeness (QED) is 0.760. The van der Waals surface area contributed by atoms with Crippen LogP contribution in [0, 0.1) is 18.3 Å². The van der Waals surface area contributed by atoms with E-state index < -0.39 is 0 Å². The van der Waals surface area contributed by atoms with Crippen molar-refractivity contribution in [2.75, 3.05) is 6.61 Å². The van der Waals surface area contributed by atoms with Crippen LogP contribution in [0.4, 0.5) is 0 Å². The van der Waals surface area contributed by atoms with Gasteiger partial charge in [-0.05, 0) is 31.0 Å². The number of carbonyl (C=O) groups is 1. The molecule has 0 N–H and O–H groups in total. The number of nitrogens with zero attached hydrogens (tertiary/aromatic N) is 1. The van der Waals surface area contributed by atoms with E-state index in [1.165, 1.54) is 0 Å². The number of carbonyl (C=O) groups excluding carboxylic acids is 1. The maximum Gasteiger partial charge on any atom is 0.310 e. The molecule has 0 aliphatic carbocycles. The second kappa shape index (κ2) is 5.53. The number of benzene rings is 1. The Labute approximate surface area is 99.6 Å². The van der Waals surface area contributed by atoms with Gasteiger partial charge in [0.2, 0.25) is 0 Å². The molecule has 0 radical (unpaired) electrons. The Morgan fingerprint density at radius 2 is 2.25 bits per heavy atom. The van der Waals surface area contributed by atoms with Gasteiger partial charge in [0.15, 0.2) is 0 Å². The van der Waals surface area contributed by atoms with Crippen LogP contribution in [0.25, 0.3) is 0 Å². The molecular formula is C12H12ClNO2. The van der Waals surface area contributed by atoms with Gasteiger partial charge >= 0.3 is 5.97 Å². The first-order valence-corrected chi connectivity index (χ1v) is 5.31. The lowest BCUT2D eigenvalue weighted by Crippen LogP contribution is -2.09. The summed E-state index contributed by atoms with van der Waals surface area (Å²) >= 11 is 5.86. The van der Waals surface area contributed by atoms with E-state index in [0.29, 0.717) is 17.2 Å². The fraction of sp³-hybridized carbons (Fsp3) is 0.333. The minimum atomic E-state index is -0.295. The molecule has 0 saturated carbocycles. The first kappa shape index (κ1) is 12.5. The summed E-state index contributed by atoms with van der Waals surface area (Å²) in [6, 6.07) is 5.40. The summed E-state index contributed by atoms with van der Waals surface area (Å²) in [6.07, 6.45) is 0.172. The number of hydrogen-bond donors (Lipinski definition) is 0. The Bertz CT molecular complexity index is 449. The Hall–Kier alpha value is -1.53. The van der Waals surface area contributed by atoms with Gasteiger partial charge in [-0.2, -0.15) is 5.26 Å². The number of nitriles is 1. The summed E-state index contributed by atoms with van der Waals surface area (Å²) < 4.78 is 4.85. The number of esters is 1. The molecule has 0 amide bonds. The molecule has 0 fully saturated rings. The minimum absolute atomic E-state index is 0.172. The molecule has 0 atom stereocenters. The van der Waals surface area contributed by atoms with Crippen LogP contribution in [0.2, 0.25) is 5.02 Å². The first-order chi connectivity index (χ1) is 7.60. The summed E-state index contributed by atoms with van der Waals surface area (Å²) in [4.78, 5) is 11.3. The number of ether oxygens (including phenoxy) is 1. The van der Waals surface area contributed by atoms with Crippen molar-refractivity contribution in [2.24, 2.45) is 0 Å². The highest BCUT2D eigenvalue weighted by Crippen LogP contribution is 2.22. The highest BCUT2D eigenvalue weighted by molar-refractivity contribution is 6.31. The van der Waals surface area contributed by atoms with Gasteiger partial charge in [-0.15, -0.1) is 0 Å². The molecule has 1 rings (SSSR count). The van der Waals surface area contributed by atoms with Gasteiger partial charge in [0.1, 0.15) is 6.07 Å². The molecule has 1 aromatic rings. The summed E-state index contributed by atoms with van der Waals surface area (Å²) in [5.74, 6) is -0.295. The Balaban J connectivity index is 2.99. The molecule has 1 aromatic carbocycles. The molecule has 0 bridgehead atoms. The van der Waals surface area contributed by atoms with E-state index >= 15 is 0 Å². The molecule has 3 nitrogen and oxygen atoms in total. The largest absolute Gasteiger partial charge is 0.466 e. The summed E-state index contributed by atoms with van der Waals surface area (Å²) in [7, 11) is 0. The normalized spacial score (nSPS) is 9.62. The zero-order chi connectivity index (χ0) is 12.1. The molecule has 0 saturated heterocycles. The van der Waals surface area contributed by atoms with Crippen molar-refractivity contribution in [3.8, 4) is 6.07 Å². The van der Waals surface area contributed by atoms with Crippen molar-refractivity contribution >= 4 is 17.6 Å². The van der Waals surface area contributed by atoms with Gasteiger partial charge in [-0.25, -0.2) is 0 Å². The van der Waals surface area contributed by atoms with Crippen LogP contribution < -0.4 is 0 Å². The fourth-order valence-electron chi connectivity index (χ4n) is 1.42. The van der Waals surface area contributed by atoms with Crippen molar-refractivity contribution in [3.63, 3.8) is 0 Å². The van der Waals surface area contributed by atoms with Crippen molar-refractivity contribution in [1.82, 2.24) is 0 Å². The van der Waals surface area contributed by atoms with Crippen LogP contribution >= 0.6 is 11.6 Å². The second-order valence-corrected chi connectivity index (χ2v) is 3.71. The smallest absolute Gasteiger partial charge is 0.310 e. The lowest BCUT2D eigenvalue weighted by Gasteiger charge is -2.08. The zero-order valence-electron chi connectivity index (χ0n) is 9.21. The third-order valence-electron chi connectivity index (χ3n) is 2.28. The van der Waals surface area contributed by atoms with E-state index in [1.807, 2.05) is 6.07 Å². The maximum atomic E-state index is 11.3. The molecule has 4 heteroatoms. The number of halogens is 1. The molecule has 0 heterocycles. The predicted molar refractivity (Wildman–Crippen MR) is 61.2 cm³/mol. The van der Waals surface area contributed by atoms with Gasteiger partial charge in [-0.1, -0.05) is 17.7 Å². The molecule has 0 aliphatic rings. The highest BCUT2D eigenvalue weighted by atomic mass is 35.5. The second-order valence-electron chi connectivity index (χ2n) is 3.30. The first-order valence-electron chi connectivity index (χ1n) is 4.93. The van der Waals surface area contributed by atoms with E-state index in [0.717, 1.165) is 11.1 Å². The Morgan fingerprint density at radius 1 is 1.56 bits per heavy atom. The van der Waals surface area contributed by atoms with E-state index in [2.05, 4.69) is 0 Å². The fourth-order valence-corrected chi connectivity index (χ4v) is 1.67. The maximum absolute atomic E-state index is 11.3. The third-order valence-corrected chi connectivity index (χ3v) is 2.59. The van der Waals surface area contributed by atoms with Gasteiger partial charge in [0.25, 0.3) is 0 Å². The van der Waals surface area contributed by atoms with Gasteiger partial charge in [0.05, 0.1) is 23.6 Å². The Kier molecular flexibility index (Phi) is 4.33. The van der Waals surface area contributed by atoms with Gasteiger partial charge in [-0.3, -0.25) is 4.79 Å². The topological polar surface area (TPSA) is 50.1 Å².